The first kappa shape index (κ1) is 19.0. The number of carbonyl (C=O) groups is 2. The van der Waals surface area contributed by atoms with Crippen molar-refractivity contribution in [2.75, 3.05) is 5.32 Å². The lowest BCUT2D eigenvalue weighted by molar-refractivity contribution is -0.114. The summed E-state index contributed by atoms with van der Waals surface area (Å²) in [7, 11) is 0. The van der Waals surface area contributed by atoms with Gasteiger partial charge in [-0.2, -0.15) is 0 Å². The zero-order valence-corrected chi connectivity index (χ0v) is 15.8. The van der Waals surface area contributed by atoms with E-state index < -0.39 is 0 Å². The van der Waals surface area contributed by atoms with Crippen LogP contribution in [0, 0.1) is 0 Å². The third kappa shape index (κ3) is 4.67. The molecular weight excluding hydrogens is 385 g/mol. The second-order valence-electron chi connectivity index (χ2n) is 5.76. The minimum absolute atomic E-state index is 0.198. The highest BCUT2D eigenvalue weighted by atomic mass is 35.5. The molecule has 3 rings (SSSR count). The van der Waals surface area contributed by atoms with Crippen LogP contribution in [0.2, 0.25) is 10.0 Å². The molecule has 1 amide bonds. The molecule has 4 nitrogen and oxygen atoms in total. The molecule has 1 heterocycles. The van der Waals surface area contributed by atoms with Crippen molar-refractivity contribution in [3.05, 3.63) is 82.0 Å². The molecule has 0 aliphatic carbocycles. The van der Waals surface area contributed by atoms with E-state index in [1.54, 1.807) is 60.7 Å². The Kier molecular flexibility index (Phi) is 5.79. The largest absolute Gasteiger partial charge is 0.457 e. The Morgan fingerprint density at radius 1 is 1.00 bits per heavy atom. The monoisotopic (exact) mass is 399 g/mol. The van der Waals surface area contributed by atoms with Gasteiger partial charge >= 0.3 is 0 Å². The average molecular weight is 400 g/mol. The Balaban J connectivity index is 1.78. The summed E-state index contributed by atoms with van der Waals surface area (Å²) >= 11 is 12.4. The third-order valence-electron chi connectivity index (χ3n) is 3.70. The smallest absolute Gasteiger partial charge is 0.221 e. The van der Waals surface area contributed by atoms with E-state index in [2.05, 4.69) is 5.32 Å². The third-order valence-corrected chi connectivity index (χ3v) is 4.33. The summed E-state index contributed by atoms with van der Waals surface area (Å²) in [4.78, 5) is 23.5. The van der Waals surface area contributed by atoms with Gasteiger partial charge in [0, 0.05) is 18.2 Å². The highest BCUT2D eigenvalue weighted by Gasteiger charge is 2.12. The Hall–Kier alpha value is -2.82. The summed E-state index contributed by atoms with van der Waals surface area (Å²) in [5.74, 6) is 0.602. The molecule has 0 aliphatic heterocycles. The standard InChI is InChI=1S/C21H15Cl2NO3/c1-13(25)24-15-5-2-4-14(12-15)19(26)10-8-16-9-11-20(27-16)21-17(22)6-3-7-18(21)23/h2-12H,1H3,(H,24,25)/b10-8+. The van der Waals surface area contributed by atoms with Crippen molar-refractivity contribution in [1.29, 1.82) is 0 Å². The molecule has 1 N–H and O–H groups in total. The number of carbonyl (C=O) groups excluding carboxylic acids is 2. The van der Waals surface area contributed by atoms with Crippen LogP contribution in [-0.2, 0) is 4.79 Å². The fourth-order valence-corrected chi connectivity index (χ4v) is 3.10. The molecule has 0 unspecified atom stereocenters. The number of anilines is 1. The van der Waals surface area contributed by atoms with Gasteiger partial charge in [-0.05, 0) is 48.6 Å². The fraction of sp³-hybridized carbons (Fsp3) is 0.0476. The number of halogens is 2. The van der Waals surface area contributed by atoms with E-state index in [1.165, 1.54) is 13.0 Å². The predicted molar refractivity (Wildman–Crippen MR) is 108 cm³/mol. The highest BCUT2D eigenvalue weighted by Crippen LogP contribution is 2.35. The van der Waals surface area contributed by atoms with Gasteiger partial charge in [0.15, 0.2) is 5.78 Å². The summed E-state index contributed by atoms with van der Waals surface area (Å²) in [6, 6.07) is 15.4. The maximum absolute atomic E-state index is 12.4. The second-order valence-corrected chi connectivity index (χ2v) is 6.57. The van der Waals surface area contributed by atoms with Crippen LogP contribution in [0.4, 0.5) is 5.69 Å². The van der Waals surface area contributed by atoms with Gasteiger partial charge in [0.2, 0.25) is 5.91 Å². The van der Waals surface area contributed by atoms with Crippen molar-refractivity contribution >= 4 is 46.7 Å². The SMILES string of the molecule is CC(=O)Nc1cccc(C(=O)/C=C/c2ccc(-c3c(Cl)cccc3Cl)o2)c1. The molecule has 0 aliphatic rings. The van der Waals surface area contributed by atoms with Crippen LogP contribution in [0.15, 0.2) is 65.1 Å². The van der Waals surface area contributed by atoms with E-state index in [0.717, 1.165) is 0 Å². The second kappa shape index (κ2) is 8.25. The Labute approximate surface area is 166 Å². The number of hydrogen-bond acceptors (Lipinski definition) is 3. The van der Waals surface area contributed by atoms with Gasteiger partial charge in [0.25, 0.3) is 0 Å². The van der Waals surface area contributed by atoms with Crippen LogP contribution in [0.3, 0.4) is 0 Å². The summed E-state index contributed by atoms with van der Waals surface area (Å²) < 4.78 is 5.73. The van der Waals surface area contributed by atoms with E-state index in [9.17, 15) is 9.59 Å². The number of amides is 1. The van der Waals surface area contributed by atoms with Crippen LogP contribution in [0.25, 0.3) is 17.4 Å². The predicted octanol–water partition coefficient (Wildman–Crippen LogP) is 6.11. The lowest BCUT2D eigenvalue weighted by Crippen LogP contribution is -2.06. The molecule has 0 spiro atoms. The van der Waals surface area contributed by atoms with Crippen LogP contribution in [-0.4, -0.2) is 11.7 Å². The minimum Gasteiger partial charge on any atom is -0.457 e. The van der Waals surface area contributed by atoms with Crippen molar-refractivity contribution in [3.8, 4) is 11.3 Å². The number of rotatable bonds is 5. The molecule has 0 atom stereocenters. The van der Waals surface area contributed by atoms with Gasteiger partial charge in [-0.1, -0.05) is 41.4 Å². The van der Waals surface area contributed by atoms with Crippen LogP contribution < -0.4 is 5.32 Å². The van der Waals surface area contributed by atoms with E-state index in [1.807, 2.05) is 0 Å². The topological polar surface area (TPSA) is 59.3 Å². The molecule has 0 bridgehead atoms. The molecule has 136 valence electrons. The molecular formula is C21H15Cl2NO3. The van der Waals surface area contributed by atoms with Crippen molar-refractivity contribution in [2.24, 2.45) is 0 Å². The van der Waals surface area contributed by atoms with E-state index >= 15 is 0 Å². The maximum atomic E-state index is 12.4. The number of benzene rings is 2. The highest BCUT2D eigenvalue weighted by molar-refractivity contribution is 6.39. The number of hydrogen-bond donors (Lipinski definition) is 1. The molecule has 0 fully saturated rings. The quantitative estimate of drug-likeness (QED) is 0.415. The normalized spacial score (nSPS) is 10.9. The van der Waals surface area contributed by atoms with Crippen LogP contribution in [0.5, 0.6) is 0 Å². The molecule has 27 heavy (non-hydrogen) atoms. The van der Waals surface area contributed by atoms with Crippen molar-refractivity contribution in [1.82, 2.24) is 0 Å². The van der Waals surface area contributed by atoms with Gasteiger partial charge in [0.05, 0.1) is 15.6 Å². The summed E-state index contributed by atoms with van der Waals surface area (Å²) in [6.07, 6.45) is 2.98. The van der Waals surface area contributed by atoms with Crippen molar-refractivity contribution in [2.45, 2.75) is 6.92 Å². The molecule has 0 saturated heterocycles. The Bertz CT molecular complexity index is 1020. The molecule has 0 saturated carbocycles. The lowest BCUT2D eigenvalue weighted by Gasteiger charge is -2.03. The zero-order chi connectivity index (χ0) is 19.4. The van der Waals surface area contributed by atoms with E-state index in [4.69, 9.17) is 27.6 Å². The van der Waals surface area contributed by atoms with Gasteiger partial charge in [-0.25, -0.2) is 0 Å². The first-order valence-corrected chi connectivity index (χ1v) is 8.84. The number of furan rings is 1. The molecule has 2 aromatic carbocycles. The molecule has 6 heteroatoms. The number of ketones is 1. The molecule has 1 aromatic heterocycles. The lowest BCUT2D eigenvalue weighted by atomic mass is 10.1. The van der Waals surface area contributed by atoms with Crippen LogP contribution in [0.1, 0.15) is 23.0 Å². The summed E-state index contributed by atoms with van der Waals surface area (Å²) in [5, 5.41) is 3.62. The Morgan fingerprint density at radius 2 is 1.70 bits per heavy atom. The number of allylic oxidation sites excluding steroid dienone is 1. The maximum Gasteiger partial charge on any atom is 0.221 e. The van der Waals surface area contributed by atoms with Gasteiger partial charge in [-0.15, -0.1) is 0 Å². The van der Waals surface area contributed by atoms with Crippen LogP contribution >= 0.6 is 23.2 Å². The summed E-state index contributed by atoms with van der Waals surface area (Å²) in [6.45, 7) is 1.41. The van der Waals surface area contributed by atoms with Gasteiger partial charge < -0.3 is 9.73 Å². The van der Waals surface area contributed by atoms with Gasteiger partial charge in [-0.3, -0.25) is 9.59 Å². The molecule has 0 radical (unpaired) electrons. The fourth-order valence-electron chi connectivity index (χ4n) is 2.52. The van der Waals surface area contributed by atoms with Crippen molar-refractivity contribution in [3.63, 3.8) is 0 Å². The van der Waals surface area contributed by atoms with E-state index in [-0.39, 0.29) is 11.7 Å². The minimum atomic E-state index is -0.212. The summed E-state index contributed by atoms with van der Waals surface area (Å²) in [5.41, 5.74) is 1.63. The molecule has 3 aromatic rings. The average Bonchev–Trinajstić information content (AvgIpc) is 3.08. The Morgan fingerprint density at radius 3 is 2.41 bits per heavy atom. The first-order valence-electron chi connectivity index (χ1n) is 8.08. The first-order chi connectivity index (χ1) is 12.9. The zero-order valence-electron chi connectivity index (χ0n) is 14.3. The number of nitrogens with one attached hydrogen (secondary N) is 1. The van der Waals surface area contributed by atoms with E-state index in [0.29, 0.717) is 38.4 Å². The van der Waals surface area contributed by atoms with Gasteiger partial charge in [0.1, 0.15) is 11.5 Å². The van der Waals surface area contributed by atoms with Crippen molar-refractivity contribution < 1.29 is 14.0 Å².